The molecule has 0 aromatic carbocycles. The fourth-order valence-corrected chi connectivity index (χ4v) is 4.06. The van der Waals surface area contributed by atoms with Crippen molar-refractivity contribution in [3.8, 4) is 0 Å². The summed E-state index contributed by atoms with van der Waals surface area (Å²) in [6.07, 6.45) is 9.68. The number of hydrogen-bond acceptors (Lipinski definition) is 0. The highest BCUT2D eigenvalue weighted by atomic mass is 79.9. The topological polar surface area (TPSA) is 0 Å². The summed E-state index contributed by atoms with van der Waals surface area (Å²) in [6, 6.07) is 0. The first kappa shape index (κ1) is 19.0. The molecule has 0 N–H and O–H groups in total. The lowest BCUT2D eigenvalue weighted by Crippen LogP contribution is -2.34. The Bertz CT molecular complexity index is 197. The molecule has 0 aliphatic rings. The van der Waals surface area contributed by atoms with E-state index in [1.54, 1.807) is 0 Å². The number of rotatable bonds is 10. The Morgan fingerprint density at radius 3 is 1.78 bits per heavy atom. The minimum atomic E-state index is 0.109. The molecular formula is C16H32Br2. The largest absolute Gasteiger partial charge is 0.0858 e. The van der Waals surface area contributed by atoms with Crippen LogP contribution in [-0.4, -0.2) is 3.23 Å². The van der Waals surface area contributed by atoms with Crippen LogP contribution in [0.4, 0.5) is 0 Å². The zero-order valence-electron chi connectivity index (χ0n) is 12.9. The molecule has 0 heterocycles. The molecule has 0 aliphatic heterocycles. The minimum Gasteiger partial charge on any atom is -0.0721 e. The minimum absolute atomic E-state index is 0.109. The van der Waals surface area contributed by atoms with Crippen LogP contribution in [-0.2, 0) is 0 Å². The highest BCUT2D eigenvalue weighted by molar-refractivity contribution is 9.25. The van der Waals surface area contributed by atoms with Crippen molar-refractivity contribution in [3.63, 3.8) is 0 Å². The second-order valence-corrected chi connectivity index (χ2v) is 9.92. The summed E-state index contributed by atoms with van der Waals surface area (Å²) in [5, 5.41) is 0. The summed E-state index contributed by atoms with van der Waals surface area (Å²) in [5.41, 5.74) is 0. The molecule has 2 heteroatoms. The fourth-order valence-electron chi connectivity index (χ4n) is 2.54. The van der Waals surface area contributed by atoms with Gasteiger partial charge in [-0.05, 0) is 24.2 Å². The Kier molecular flexibility index (Phi) is 10.3. The van der Waals surface area contributed by atoms with E-state index in [4.69, 9.17) is 0 Å². The molecule has 0 fully saturated rings. The number of alkyl halides is 2. The van der Waals surface area contributed by atoms with Gasteiger partial charge >= 0.3 is 0 Å². The molecule has 0 aromatic heterocycles. The van der Waals surface area contributed by atoms with Crippen molar-refractivity contribution in [1.82, 2.24) is 0 Å². The molecule has 0 spiro atoms. The van der Waals surface area contributed by atoms with E-state index >= 15 is 0 Å². The van der Waals surface area contributed by atoms with Gasteiger partial charge in [-0.15, -0.1) is 0 Å². The van der Waals surface area contributed by atoms with E-state index in [2.05, 4.69) is 66.5 Å². The third-order valence-electron chi connectivity index (χ3n) is 3.94. The van der Waals surface area contributed by atoms with Crippen LogP contribution < -0.4 is 0 Å². The van der Waals surface area contributed by atoms with Crippen molar-refractivity contribution in [2.45, 2.75) is 82.8 Å². The highest BCUT2D eigenvalue weighted by Crippen LogP contribution is 2.47. The summed E-state index contributed by atoms with van der Waals surface area (Å²) >= 11 is 7.85. The average Bonchev–Trinajstić information content (AvgIpc) is 2.26. The van der Waals surface area contributed by atoms with Crippen LogP contribution >= 0.6 is 31.9 Å². The van der Waals surface area contributed by atoms with Crippen LogP contribution in [0.5, 0.6) is 0 Å². The average molecular weight is 384 g/mol. The van der Waals surface area contributed by atoms with Gasteiger partial charge in [0.1, 0.15) is 0 Å². The molecule has 0 nitrogen and oxygen atoms in total. The van der Waals surface area contributed by atoms with E-state index < -0.39 is 0 Å². The Morgan fingerprint density at radius 1 is 0.833 bits per heavy atom. The molecule has 1 atom stereocenters. The second kappa shape index (κ2) is 9.80. The maximum Gasteiger partial charge on any atom is 0.0858 e. The van der Waals surface area contributed by atoms with Gasteiger partial charge in [0, 0.05) is 0 Å². The van der Waals surface area contributed by atoms with E-state index in [0.717, 1.165) is 5.92 Å². The van der Waals surface area contributed by atoms with Crippen molar-refractivity contribution in [3.05, 3.63) is 0 Å². The molecule has 0 amide bonds. The van der Waals surface area contributed by atoms with Crippen LogP contribution in [0.1, 0.15) is 79.6 Å². The van der Waals surface area contributed by atoms with Gasteiger partial charge < -0.3 is 0 Å². The Hall–Kier alpha value is 0.960. The Balaban J connectivity index is 4.07. The molecule has 0 saturated carbocycles. The summed E-state index contributed by atoms with van der Waals surface area (Å²) in [7, 11) is 0. The van der Waals surface area contributed by atoms with Gasteiger partial charge in [0.2, 0.25) is 0 Å². The monoisotopic (exact) mass is 382 g/mol. The van der Waals surface area contributed by atoms with Gasteiger partial charge in [0.15, 0.2) is 0 Å². The van der Waals surface area contributed by atoms with E-state index in [9.17, 15) is 0 Å². The van der Waals surface area contributed by atoms with Crippen molar-refractivity contribution in [2.24, 2.45) is 17.8 Å². The molecule has 0 rings (SSSR count). The molecule has 0 saturated heterocycles. The quantitative estimate of drug-likeness (QED) is 0.277. The van der Waals surface area contributed by atoms with Gasteiger partial charge in [0.25, 0.3) is 0 Å². The smallest absolute Gasteiger partial charge is 0.0721 e. The third-order valence-corrected chi connectivity index (χ3v) is 6.95. The predicted octanol–water partition coefficient (Wildman–Crippen LogP) is 7.15. The number of hydrogen-bond donors (Lipinski definition) is 0. The molecule has 110 valence electrons. The summed E-state index contributed by atoms with van der Waals surface area (Å²) < 4.78 is 0.109. The fraction of sp³-hybridized carbons (Fsp3) is 1.00. The zero-order chi connectivity index (χ0) is 14.2. The lowest BCUT2D eigenvalue weighted by atomic mass is 9.83. The van der Waals surface area contributed by atoms with E-state index in [0.29, 0.717) is 11.8 Å². The lowest BCUT2D eigenvalue weighted by molar-refractivity contribution is 0.289. The SMILES string of the molecule is CCCCCCCCC(C(C)C)C(Br)(Br)C(C)C. The Labute approximate surface area is 132 Å². The first-order chi connectivity index (χ1) is 8.34. The van der Waals surface area contributed by atoms with E-state index in [1.807, 2.05) is 0 Å². The zero-order valence-corrected chi connectivity index (χ0v) is 16.1. The maximum atomic E-state index is 3.92. The standard InChI is InChI=1S/C16H32Br2/c1-6-7-8-9-10-11-12-15(13(2)3)16(17,18)14(4)5/h13-15H,6-12H2,1-5H3. The summed E-state index contributed by atoms with van der Waals surface area (Å²) in [4.78, 5) is 0. The van der Waals surface area contributed by atoms with Crippen LogP contribution in [0.15, 0.2) is 0 Å². The van der Waals surface area contributed by atoms with Crippen LogP contribution in [0.2, 0.25) is 0 Å². The molecule has 0 radical (unpaired) electrons. The molecular weight excluding hydrogens is 352 g/mol. The Morgan fingerprint density at radius 2 is 1.33 bits per heavy atom. The maximum absolute atomic E-state index is 3.92. The van der Waals surface area contributed by atoms with Gasteiger partial charge in [-0.3, -0.25) is 0 Å². The number of unbranched alkanes of at least 4 members (excludes halogenated alkanes) is 5. The van der Waals surface area contributed by atoms with Crippen molar-refractivity contribution < 1.29 is 0 Å². The molecule has 0 aromatic rings. The predicted molar refractivity (Wildman–Crippen MR) is 91.7 cm³/mol. The van der Waals surface area contributed by atoms with Gasteiger partial charge in [0.05, 0.1) is 3.23 Å². The molecule has 18 heavy (non-hydrogen) atoms. The van der Waals surface area contributed by atoms with Crippen molar-refractivity contribution >= 4 is 31.9 Å². The molecule has 0 aliphatic carbocycles. The first-order valence-electron chi connectivity index (χ1n) is 7.71. The lowest BCUT2D eigenvalue weighted by Gasteiger charge is -2.37. The van der Waals surface area contributed by atoms with Crippen LogP contribution in [0, 0.1) is 17.8 Å². The van der Waals surface area contributed by atoms with E-state index in [1.165, 1.54) is 44.9 Å². The van der Waals surface area contributed by atoms with Gasteiger partial charge in [-0.25, -0.2) is 0 Å². The summed E-state index contributed by atoms with van der Waals surface area (Å²) in [6.45, 7) is 11.6. The van der Waals surface area contributed by atoms with Crippen LogP contribution in [0.3, 0.4) is 0 Å². The highest BCUT2D eigenvalue weighted by Gasteiger charge is 2.37. The third kappa shape index (κ3) is 6.93. The summed E-state index contributed by atoms with van der Waals surface area (Å²) in [5.74, 6) is 2.05. The molecule has 1 unspecified atom stereocenters. The normalized spacial score (nSPS) is 14.5. The van der Waals surface area contributed by atoms with Crippen LogP contribution in [0.25, 0.3) is 0 Å². The van der Waals surface area contributed by atoms with Crippen molar-refractivity contribution in [1.29, 1.82) is 0 Å². The second-order valence-electron chi connectivity index (χ2n) is 6.24. The number of halogens is 2. The molecule has 0 bridgehead atoms. The first-order valence-corrected chi connectivity index (χ1v) is 9.30. The van der Waals surface area contributed by atoms with Gasteiger partial charge in [-0.1, -0.05) is 105 Å². The van der Waals surface area contributed by atoms with Crippen molar-refractivity contribution in [2.75, 3.05) is 0 Å². The van der Waals surface area contributed by atoms with E-state index in [-0.39, 0.29) is 3.23 Å². The van der Waals surface area contributed by atoms with Gasteiger partial charge in [-0.2, -0.15) is 0 Å².